The molecule has 0 fully saturated rings. The van der Waals surface area contributed by atoms with Crippen molar-refractivity contribution in [3.05, 3.63) is 77.5 Å². The Hall–Kier alpha value is -3.13. The lowest BCUT2D eigenvalue weighted by Gasteiger charge is -2.22. The first-order valence-corrected chi connectivity index (χ1v) is 12.3. The number of unbranched alkanes of at least 4 members (excludes halogenated alkanes) is 4. The number of aliphatic hydroxyl groups excluding tert-OH is 1. The van der Waals surface area contributed by atoms with Gasteiger partial charge in [-0.1, -0.05) is 61.4 Å². The Bertz CT molecular complexity index is 1120. The summed E-state index contributed by atoms with van der Waals surface area (Å²) in [6, 6.07) is 16.8. The van der Waals surface area contributed by atoms with Gasteiger partial charge in [0.2, 0.25) is 0 Å². The highest BCUT2D eigenvalue weighted by Crippen LogP contribution is 2.19. The van der Waals surface area contributed by atoms with Crippen LogP contribution in [0.5, 0.6) is 0 Å². The number of ketones is 1. The van der Waals surface area contributed by atoms with Crippen LogP contribution in [-0.2, 0) is 17.8 Å². The van der Waals surface area contributed by atoms with E-state index in [4.69, 9.17) is 5.11 Å². The van der Waals surface area contributed by atoms with E-state index in [1.807, 2.05) is 19.1 Å². The lowest BCUT2D eigenvalue weighted by Crippen LogP contribution is -2.27. The number of fused-ring (bicyclic) bond motifs is 1. The molecule has 178 valence electrons. The molecule has 3 aromatic rings. The maximum atomic E-state index is 11.3. The molecule has 4 heteroatoms. The highest BCUT2D eigenvalue weighted by molar-refractivity contribution is 5.94. The molecular formula is C30H36N2O2. The van der Waals surface area contributed by atoms with Crippen LogP contribution in [0, 0.1) is 11.8 Å². The summed E-state index contributed by atoms with van der Waals surface area (Å²) in [5.74, 6) is 5.85. The van der Waals surface area contributed by atoms with Crippen LogP contribution in [0.15, 0.2) is 60.8 Å². The summed E-state index contributed by atoms with van der Waals surface area (Å²) in [6.07, 6.45) is 12.2. The van der Waals surface area contributed by atoms with Crippen molar-refractivity contribution < 1.29 is 9.90 Å². The maximum absolute atomic E-state index is 11.3. The number of hydrogen-bond donors (Lipinski definition) is 2. The number of nitrogens with one attached hydrogen (secondary N) is 1. The van der Waals surface area contributed by atoms with Crippen molar-refractivity contribution in [1.29, 1.82) is 0 Å². The van der Waals surface area contributed by atoms with Gasteiger partial charge in [-0.3, -0.25) is 9.69 Å². The Kier molecular flexibility index (Phi) is 10.6. The monoisotopic (exact) mass is 456 g/mol. The minimum absolute atomic E-state index is 0.283. The van der Waals surface area contributed by atoms with Crippen LogP contribution in [0.2, 0.25) is 0 Å². The molecule has 0 atom stereocenters. The molecule has 34 heavy (non-hydrogen) atoms. The molecule has 4 nitrogen and oxygen atoms in total. The summed E-state index contributed by atoms with van der Waals surface area (Å²) in [4.78, 5) is 17.2. The van der Waals surface area contributed by atoms with Crippen LogP contribution in [0.1, 0.15) is 55.7 Å². The first-order valence-electron chi connectivity index (χ1n) is 12.3. The molecule has 0 aliphatic rings. The quantitative estimate of drug-likeness (QED) is 0.184. The standard InChI is InChI=1S/C30H36N2O2/c1-2-3-4-5-6-7-10-20-32(21-19-27-22-31-30-12-9-8-11-29(27)30)23-26-15-13-25(14-16-26)17-18-28(34)24-33/h8-9,11-18,22,31,33H,4-7,10,19-21,23-24H2,1H3/b18-17+. The molecule has 0 aliphatic heterocycles. The zero-order valence-electron chi connectivity index (χ0n) is 20.2. The van der Waals surface area contributed by atoms with Gasteiger partial charge < -0.3 is 10.1 Å². The predicted octanol–water partition coefficient (Wildman–Crippen LogP) is 5.76. The predicted molar refractivity (Wildman–Crippen MR) is 141 cm³/mol. The SMILES string of the molecule is CC#CCCCCCCN(CCc1c[nH]c2ccccc12)Cc1ccc(/C=C/C(=O)CO)cc1. The summed E-state index contributed by atoms with van der Waals surface area (Å²) in [5, 5.41) is 10.2. The van der Waals surface area contributed by atoms with Gasteiger partial charge in [0.05, 0.1) is 0 Å². The number of para-hydroxylation sites is 1. The van der Waals surface area contributed by atoms with Crippen LogP contribution in [0.25, 0.3) is 17.0 Å². The summed E-state index contributed by atoms with van der Waals surface area (Å²) < 4.78 is 0. The zero-order chi connectivity index (χ0) is 24.0. The number of carbonyl (C=O) groups excluding carboxylic acids is 1. The molecule has 0 saturated carbocycles. The van der Waals surface area contributed by atoms with Gasteiger partial charge in [-0.05, 0) is 61.6 Å². The van der Waals surface area contributed by atoms with Crippen molar-refractivity contribution in [1.82, 2.24) is 9.88 Å². The molecule has 2 N–H and O–H groups in total. The molecular weight excluding hydrogens is 420 g/mol. The van der Waals surface area contributed by atoms with Crippen LogP contribution in [-0.4, -0.2) is 40.5 Å². The fourth-order valence-electron chi connectivity index (χ4n) is 4.15. The summed E-state index contributed by atoms with van der Waals surface area (Å²) in [6.45, 7) is 4.45. The van der Waals surface area contributed by atoms with E-state index in [9.17, 15) is 4.79 Å². The van der Waals surface area contributed by atoms with Crippen molar-refractivity contribution in [2.45, 2.75) is 52.0 Å². The van der Waals surface area contributed by atoms with Gasteiger partial charge in [0.15, 0.2) is 5.78 Å². The Morgan fingerprint density at radius 2 is 1.82 bits per heavy atom. The topological polar surface area (TPSA) is 56.3 Å². The number of aromatic amines is 1. The first-order chi connectivity index (χ1) is 16.7. The van der Waals surface area contributed by atoms with Gasteiger partial charge in [-0.2, -0.15) is 0 Å². The number of aromatic nitrogens is 1. The Labute approximate surface area is 203 Å². The molecule has 1 heterocycles. The second-order valence-electron chi connectivity index (χ2n) is 8.68. The molecule has 0 aliphatic carbocycles. The van der Waals surface area contributed by atoms with Crippen LogP contribution < -0.4 is 0 Å². The fraction of sp³-hybridized carbons (Fsp3) is 0.367. The van der Waals surface area contributed by atoms with Crippen molar-refractivity contribution >= 4 is 22.8 Å². The van der Waals surface area contributed by atoms with Crippen molar-refractivity contribution in [3.63, 3.8) is 0 Å². The van der Waals surface area contributed by atoms with Gasteiger partial charge in [-0.15, -0.1) is 11.8 Å². The number of benzene rings is 2. The minimum Gasteiger partial charge on any atom is -0.388 e. The molecule has 0 amide bonds. The Morgan fingerprint density at radius 3 is 2.62 bits per heavy atom. The summed E-state index contributed by atoms with van der Waals surface area (Å²) in [7, 11) is 0. The van der Waals surface area contributed by atoms with Gasteiger partial charge in [-0.25, -0.2) is 0 Å². The third-order valence-corrected chi connectivity index (χ3v) is 6.08. The summed E-state index contributed by atoms with van der Waals surface area (Å²) >= 11 is 0. The van der Waals surface area contributed by atoms with Crippen molar-refractivity contribution in [2.24, 2.45) is 0 Å². The average Bonchev–Trinajstić information content (AvgIpc) is 3.29. The zero-order valence-corrected chi connectivity index (χ0v) is 20.2. The Morgan fingerprint density at radius 1 is 1.03 bits per heavy atom. The van der Waals surface area contributed by atoms with Crippen LogP contribution >= 0.6 is 0 Å². The van der Waals surface area contributed by atoms with Gasteiger partial charge >= 0.3 is 0 Å². The number of H-pyrrole nitrogens is 1. The van der Waals surface area contributed by atoms with E-state index in [2.05, 4.69) is 64.3 Å². The number of rotatable bonds is 14. The molecule has 0 spiro atoms. The molecule has 0 unspecified atom stereocenters. The van der Waals surface area contributed by atoms with Gasteiger partial charge in [0.25, 0.3) is 0 Å². The number of hydrogen-bond acceptors (Lipinski definition) is 3. The second kappa shape index (κ2) is 14.2. The van der Waals surface area contributed by atoms with E-state index in [0.29, 0.717) is 0 Å². The minimum atomic E-state index is -0.452. The van der Waals surface area contributed by atoms with Crippen LogP contribution in [0.4, 0.5) is 0 Å². The second-order valence-corrected chi connectivity index (χ2v) is 8.68. The van der Waals surface area contributed by atoms with E-state index in [0.717, 1.165) is 38.0 Å². The number of nitrogens with zero attached hydrogens (tertiary/aromatic N) is 1. The molecule has 0 bridgehead atoms. The van der Waals surface area contributed by atoms with Crippen LogP contribution in [0.3, 0.4) is 0 Å². The third kappa shape index (κ3) is 8.33. The van der Waals surface area contributed by atoms with E-state index >= 15 is 0 Å². The lowest BCUT2D eigenvalue weighted by atomic mass is 10.1. The molecule has 0 saturated heterocycles. The smallest absolute Gasteiger partial charge is 0.181 e. The van der Waals surface area contributed by atoms with E-state index in [1.54, 1.807) is 6.08 Å². The van der Waals surface area contributed by atoms with E-state index in [1.165, 1.54) is 53.8 Å². The number of carbonyl (C=O) groups is 1. The van der Waals surface area contributed by atoms with Crippen molar-refractivity contribution in [3.8, 4) is 11.8 Å². The largest absolute Gasteiger partial charge is 0.388 e. The molecule has 0 radical (unpaired) electrons. The number of aliphatic hydroxyl groups is 1. The fourth-order valence-corrected chi connectivity index (χ4v) is 4.15. The molecule has 3 rings (SSSR count). The maximum Gasteiger partial charge on any atom is 0.181 e. The van der Waals surface area contributed by atoms with E-state index in [-0.39, 0.29) is 5.78 Å². The highest BCUT2D eigenvalue weighted by atomic mass is 16.3. The molecule has 2 aromatic carbocycles. The molecule has 1 aromatic heterocycles. The third-order valence-electron chi connectivity index (χ3n) is 6.08. The van der Waals surface area contributed by atoms with Crippen molar-refractivity contribution in [2.75, 3.05) is 19.7 Å². The summed E-state index contributed by atoms with van der Waals surface area (Å²) in [5.41, 5.74) is 4.80. The van der Waals surface area contributed by atoms with E-state index < -0.39 is 6.61 Å². The first kappa shape index (κ1) is 25.5. The normalized spacial score (nSPS) is 11.3. The van der Waals surface area contributed by atoms with Gasteiger partial charge in [0, 0.05) is 36.6 Å². The highest BCUT2D eigenvalue weighted by Gasteiger charge is 2.09. The lowest BCUT2D eigenvalue weighted by molar-refractivity contribution is -0.117. The van der Waals surface area contributed by atoms with Gasteiger partial charge in [0.1, 0.15) is 6.61 Å². The average molecular weight is 457 g/mol. The Balaban J connectivity index is 1.59.